The summed E-state index contributed by atoms with van der Waals surface area (Å²) in [7, 11) is 0. The van der Waals surface area contributed by atoms with Gasteiger partial charge in [-0.25, -0.2) is 4.98 Å². The van der Waals surface area contributed by atoms with E-state index in [-0.39, 0.29) is 0 Å². The molecule has 1 aromatic carbocycles. The van der Waals surface area contributed by atoms with E-state index < -0.39 is 0 Å². The van der Waals surface area contributed by atoms with Crippen LogP contribution in [0.25, 0.3) is 10.8 Å². The molecule has 68 valence electrons. The zero-order chi connectivity index (χ0) is 9.97. The first-order chi connectivity index (χ1) is 6.86. The van der Waals surface area contributed by atoms with Gasteiger partial charge in [0, 0.05) is 11.6 Å². The molecule has 0 aliphatic heterocycles. The molecule has 1 aromatic heterocycles. The zero-order valence-electron chi connectivity index (χ0n) is 7.99. The molecule has 0 aliphatic carbocycles. The third kappa shape index (κ3) is 1.23. The highest BCUT2D eigenvalue weighted by atomic mass is 14.7. The average Bonchev–Trinajstić information content (AvgIpc) is 2.27. The first-order valence-corrected chi connectivity index (χ1v) is 4.63. The molecule has 2 heteroatoms. The second kappa shape index (κ2) is 3.47. The number of hydrogen-bond donors (Lipinski definition) is 0. The van der Waals surface area contributed by atoms with Gasteiger partial charge in [0.25, 0.3) is 0 Å². The fraction of sp³-hybridized carbons (Fsp3) is 0.167. The van der Waals surface area contributed by atoms with Crippen LogP contribution in [-0.4, -0.2) is 4.98 Å². The summed E-state index contributed by atoms with van der Waals surface area (Å²) in [6.07, 6.45) is 2.67. The fourth-order valence-corrected chi connectivity index (χ4v) is 1.67. The van der Waals surface area contributed by atoms with Gasteiger partial charge in [-0.2, -0.15) is 5.26 Å². The minimum atomic E-state index is 0.512. The van der Waals surface area contributed by atoms with E-state index in [0.29, 0.717) is 5.69 Å². The number of nitrogens with zero attached hydrogens (tertiary/aromatic N) is 2. The van der Waals surface area contributed by atoms with Gasteiger partial charge in [0.05, 0.1) is 0 Å². The van der Waals surface area contributed by atoms with Crippen molar-refractivity contribution < 1.29 is 0 Å². The summed E-state index contributed by atoms with van der Waals surface area (Å²) in [6.45, 7) is 2.11. The maximum atomic E-state index is 8.89. The summed E-state index contributed by atoms with van der Waals surface area (Å²) < 4.78 is 0. The lowest BCUT2D eigenvalue weighted by Crippen LogP contribution is -1.88. The Morgan fingerprint density at radius 3 is 2.86 bits per heavy atom. The molecule has 0 spiro atoms. The van der Waals surface area contributed by atoms with Crippen molar-refractivity contribution in [1.29, 1.82) is 5.26 Å². The molecule has 0 N–H and O–H groups in total. The Bertz CT molecular complexity index is 509. The van der Waals surface area contributed by atoms with Gasteiger partial charge in [-0.05, 0) is 23.4 Å². The summed E-state index contributed by atoms with van der Waals surface area (Å²) in [4.78, 5) is 4.04. The Balaban J connectivity index is 2.86. The van der Waals surface area contributed by atoms with Gasteiger partial charge < -0.3 is 0 Å². The van der Waals surface area contributed by atoms with Crippen molar-refractivity contribution in [2.24, 2.45) is 0 Å². The second-order valence-corrected chi connectivity index (χ2v) is 3.14. The Kier molecular flexibility index (Phi) is 2.16. The van der Waals surface area contributed by atoms with Crippen LogP contribution in [-0.2, 0) is 6.42 Å². The van der Waals surface area contributed by atoms with E-state index in [1.54, 1.807) is 6.20 Å². The molecule has 0 saturated carbocycles. The first-order valence-electron chi connectivity index (χ1n) is 4.63. The maximum absolute atomic E-state index is 8.89. The number of aromatic nitrogens is 1. The number of fused-ring (bicyclic) bond motifs is 1. The van der Waals surface area contributed by atoms with Crippen LogP contribution >= 0.6 is 0 Å². The SMILES string of the molecule is CCc1cccc2c(C#N)nccc12. The fourth-order valence-electron chi connectivity index (χ4n) is 1.67. The molecule has 0 unspecified atom stereocenters. The molecule has 0 bridgehead atoms. The van der Waals surface area contributed by atoms with Crippen molar-refractivity contribution in [3.05, 3.63) is 41.7 Å². The number of pyridine rings is 1. The highest BCUT2D eigenvalue weighted by Gasteiger charge is 2.03. The Morgan fingerprint density at radius 2 is 2.14 bits per heavy atom. The third-order valence-corrected chi connectivity index (χ3v) is 2.38. The van der Waals surface area contributed by atoms with Gasteiger partial charge in [-0.1, -0.05) is 25.1 Å². The Morgan fingerprint density at radius 1 is 1.29 bits per heavy atom. The third-order valence-electron chi connectivity index (χ3n) is 2.38. The molecule has 14 heavy (non-hydrogen) atoms. The summed E-state index contributed by atoms with van der Waals surface area (Å²) in [5.74, 6) is 0. The monoisotopic (exact) mass is 182 g/mol. The molecule has 2 nitrogen and oxygen atoms in total. The molecule has 2 rings (SSSR count). The highest BCUT2D eigenvalue weighted by Crippen LogP contribution is 2.20. The van der Waals surface area contributed by atoms with Crippen molar-refractivity contribution in [2.75, 3.05) is 0 Å². The molecule has 0 fully saturated rings. The van der Waals surface area contributed by atoms with Crippen molar-refractivity contribution in [2.45, 2.75) is 13.3 Å². The van der Waals surface area contributed by atoms with E-state index in [4.69, 9.17) is 5.26 Å². The average molecular weight is 182 g/mol. The first kappa shape index (κ1) is 8.71. The molecule has 0 saturated heterocycles. The van der Waals surface area contributed by atoms with Gasteiger partial charge >= 0.3 is 0 Å². The van der Waals surface area contributed by atoms with Crippen LogP contribution in [0.1, 0.15) is 18.2 Å². The smallest absolute Gasteiger partial charge is 0.148 e. The predicted octanol–water partition coefficient (Wildman–Crippen LogP) is 2.67. The van der Waals surface area contributed by atoms with Crippen molar-refractivity contribution in [1.82, 2.24) is 4.98 Å². The van der Waals surface area contributed by atoms with Crippen LogP contribution in [0, 0.1) is 11.3 Å². The summed E-state index contributed by atoms with van der Waals surface area (Å²) in [5.41, 5.74) is 1.78. The Labute approximate surface area is 82.8 Å². The lowest BCUT2D eigenvalue weighted by molar-refractivity contribution is 1.16. The molecule has 0 radical (unpaired) electrons. The number of hydrogen-bond acceptors (Lipinski definition) is 2. The van der Waals surface area contributed by atoms with E-state index in [1.807, 2.05) is 18.2 Å². The van der Waals surface area contributed by atoms with Gasteiger partial charge in [-0.3, -0.25) is 0 Å². The molecule has 2 aromatic rings. The van der Waals surface area contributed by atoms with Crippen molar-refractivity contribution in [3.63, 3.8) is 0 Å². The van der Waals surface area contributed by atoms with Crippen LogP contribution in [0.3, 0.4) is 0 Å². The normalized spacial score (nSPS) is 10.0. The predicted molar refractivity (Wildman–Crippen MR) is 55.8 cm³/mol. The van der Waals surface area contributed by atoms with E-state index in [1.165, 1.54) is 5.56 Å². The molecule has 0 aliphatic rings. The van der Waals surface area contributed by atoms with E-state index in [2.05, 4.69) is 24.0 Å². The van der Waals surface area contributed by atoms with Crippen molar-refractivity contribution in [3.8, 4) is 6.07 Å². The summed E-state index contributed by atoms with van der Waals surface area (Å²) in [6, 6.07) is 10.1. The van der Waals surface area contributed by atoms with E-state index in [0.717, 1.165) is 17.2 Å². The van der Waals surface area contributed by atoms with E-state index in [9.17, 15) is 0 Å². The topological polar surface area (TPSA) is 36.7 Å². The van der Waals surface area contributed by atoms with Crippen LogP contribution in [0.5, 0.6) is 0 Å². The van der Waals surface area contributed by atoms with Gasteiger partial charge in [-0.15, -0.1) is 0 Å². The van der Waals surface area contributed by atoms with Gasteiger partial charge in [0.15, 0.2) is 0 Å². The lowest BCUT2D eigenvalue weighted by Gasteiger charge is -2.03. The number of benzene rings is 1. The lowest BCUT2D eigenvalue weighted by atomic mass is 10.0. The van der Waals surface area contributed by atoms with Crippen LogP contribution < -0.4 is 0 Å². The quantitative estimate of drug-likeness (QED) is 0.679. The van der Waals surface area contributed by atoms with Gasteiger partial charge in [0.2, 0.25) is 0 Å². The minimum absolute atomic E-state index is 0.512. The molecule has 1 heterocycles. The van der Waals surface area contributed by atoms with Crippen LogP contribution in [0.2, 0.25) is 0 Å². The van der Waals surface area contributed by atoms with Crippen LogP contribution in [0.15, 0.2) is 30.5 Å². The van der Waals surface area contributed by atoms with Crippen molar-refractivity contribution >= 4 is 10.8 Å². The summed E-state index contributed by atoms with van der Waals surface area (Å²) in [5, 5.41) is 11.0. The number of aryl methyl sites for hydroxylation is 1. The number of nitriles is 1. The second-order valence-electron chi connectivity index (χ2n) is 3.14. The highest BCUT2D eigenvalue weighted by molar-refractivity contribution is 5.89. The van der Waals surface area contributed by atoms with E-state index >= 15 is 0 Å². The molecular formula is C12H10N2. The van der Waals surface area contributed by atoms with Gasteiger partial charge in [0.1, 0.15) is 11.8 Å². The number of rotatable bonds is 1. The molecule has 0 amide bonds. The maximum Gasteiger partial charge on any atom is 0.148 e. The summed E-state index contributed by atoms with van der Waals surface area (Å²) >= 11 is 0. The molecule has 0 atom stereocenters. The zero-order valence-corrected chi connectivity index (χ0v) is 7.99. The standard InChI is InChI=1S/C12H10N2/c1-2-9-4-3-5-11-10(9)6-7-14-12(11)8-13/h3-7H,2H2,1H3. The Hall–Kier alpha value is -1.88. The van der Waals surface area contributed by atoms with Crippen LogP contribution in [0.4, 0.5) is 0 Å². The largest absolute Gasteiger partial charge is 0.245 e. The molecular weight excluding hydrogens is 172 g/mol. The minimum Gasteiger partial charge on any atom is -0.245 e.